The van der Waals surface area contributed by atoms with Gasteiger partial charge < -0.3 is 24.8 Å². The van der Waals surface area contributed by atoms with E-state index in [1.165, 1.54) is 23.3 Å². The molecule has 0 bridgehead atoms. The highest BCUT2D eigenvalue weighted by Crippen LogP contribution is 2.34. The van der Waals surface area contributed by atoms with E-state index in [1.54, 1.807) is 6.92 Å². The molecular formula is C30H38N6O6. The molecule has 0 atom stereocenters. The number of aromatic nitrogens is 2. The van der Waals surface area contributed by atoms with Gasteiger partial charge in [0, 0.05) is 19.7 Å². The summed E-state index contributed by atoms with van der Waals surface area (Å²) in [7, 11) is 0. The number of esters is 1. The van der Waals surface area contributed by atoms with Crippen molar-refractivity contribution in [3.8, 4) is 17.1 Å². The van der Waals surface area contributed by atoms with Gasteiger partial charge in [-0.05, 0) is 68.1 Å². The summed E-state index contributed by atoms with van der Waals surface area (Å²) in [5.74, 6) is -1.06. The minimum absolute atomic E-state index is 0.128. The summed E-state index contributed by atoms with van der Waals surface area (Å²) in [6.45, 7) is 7.68. The smallest absolute Gasteiger partial charge is 0.353 e. The second-order valence-electron chi connectivity index (χ2n) is 9.91. The van der Waals surface area contributed by atoms with Crippen LogP contribution in [0, 0.1) is 10.1 Å². The van der Waals surface area contributed by atoms with Crippen molar-refractivity contribution in [1.29, 1.82) is 0 Å². The van der Waals surface area contributed by atoms with Crippen LogP contribution < -0.4 is 15.4 Å². The Balaban J connectivity index is 1.59. The molecule has 2 N–H and O–H groups in total. The Morgan fingerprint density at radius 3 is 2.48 bits per heavy atom. The van der Waals surface area contributed by atoms with Gasteiger partial charge in [-0.1, -0.05) is 42.5 Å². The quantitative estimate of drug-likeness (QED) is 0.120. The predicted molar refractivity (Wildman–Crippen MR) is 159 cm³/mol. The molecule has 0 aliphatic carbocycles. The van der Waals surface area contributed by atoms with Gasteiger partial charge in [0.25, 0.3) is 0 Å². The zero-order chi connectivity index (χ0) is 29.9. The maximum Gasteiger partial charge on any atom is 0.353 e. The topological polar surface area (TPSA) is 146 Å². The van der Waals surface area contributed by atoms with Gasteiger partial charge in [0.05, 0.1) is 18.1 Å². The summed E-state index contributed by atoms with van der Waals surface area (Å²) in [4.78, 5) is 36.0. The van der Waals surface area contributed by atoms with Crippen LogP contribution in [0.2, 0.25) is 0 Å². The van der Waals surface area contributed by atoms with E-state index in [9.17, 15) is 14.9 Å². The highest BCUT2D eigenvalue weighted by Gasteiger charge is 2.29. The van der Waals surface area contributed by atoms with Crippen LogP contribution in [0.3, 0.4) is 0 Å². The van der Waals surface area contributed by atoms with Gasteiger partial charge in [0.1, 0.15) is 13.2 Å². The first-order valence-corrected chi connectivity index (χ1v) is 14.2. The van der Waals surface area contributed by atoms with Gasteiger partial charge in [-0.2, -0.15) is 9.97 Å². The lowest BCUT2D eigenvalue weighted by Gasteiger charge is -2.23. The van der Waals surface area contributed by atoms with Crippen molar-refractivity contribution in [2.45, 2.75) is 39.8 Å². The summed E-state index contributed by atoms with van der Waals surface area (Å²) in [5.41, 5.74) is 9.69. The molecule has 224 valence electrons. The van der Waals surface area contributed by atoms with Crippen LogP contribution in [0.1, 0.15) is 37.8 Å². The number of nitrogens with zero attached hydrogens (tertiary/aromatic N) is 5. The van der Waals surface area contributed by atoms with Crippen molar-refractivity contribution in [3.05, 3.63) is 69.8 Å². The van der Waals surface area contributed by atoms with Gasteiger partial charge in [-0.15, -0.1) is 0 Å². The molecule has 2 heterocycles. The van der Waals surface area contributed by atoms with Crippen LogP contribution in [-0.4, -0.2) is 71.8 Å². The van der Waals surface area contributed by atoms with Crippen molar-refractivity contribution >= 4 is 23.3 Å². The van der Waals surface area contributed by atoms with Crippen LogP contribution in [0.25, 0.3) is 11.1 Å². The number of anilines is 2. The number of nitrogens with two attached hydrogens (primary N) is 1. The summed E-state index contributed by atoms with van der Waals surface area (Å²) in [6, 6.07) is 16.2. The number of hydrogen-bond donors (Lipinski definition) is 1. The highest BCUT2D eigenvalue weighted by atomic mass is 16.6. The van der Waals surface area contributed by atoms with Crippen molar-refractivity contribution in [2.24, 2.45) is 0 Å². The van der Waals surface area contributed by atoms with Gasteiger partial charge >= 0.3 is 17.7 Å². The Morgan fingerprint density at radius 2 is 1.79 bits per heavy atom. The number of hydrogen-bond acceptors (Lipinski definition) is 11. The van der Waals surface area contributed by atoms with Crippen LogP contribution in [-0.2, 0) is 27.4 Å². The first-order chi connectivity index (χ1) is 20.4. The molecule has 0 amide bonds. The van der Waals surface area contributed by atoms with E-state index in [4.69, 9.17) is 19.9 Å². The maximum atomic E-state index is 12.5. The molecule has 2 aromatic carbocycles. The average Bonchev–Trinajstić information content (AvgIpc) is 3.48. The summed E-state index contributed by atoms with van der Waals surface area (Å²) in [5, 5.41) is 12.0. The van der Waals surface area contributed by atoms with E-state index in [0.29, 0.717) is 6.61 Å². The van der Waals surface area contributed by atoms with Crippen LogP contribution in [0.4, 0.5) is 17.3 Å². The van der Waals surface area contributed by atoms with Crippen LogP contribution in [0.15, 0.2) is 48.5 Å². The monoisotopic (exact) mass is 578 g/mol. The Morgan fingerprint density at radius 1 is 1.02 bits per heavy atom. The first-order valence-electron chi connectivity index (χ1n) is 14.2. The van der Waals surface area contributed by atoms with E-state index in [1.807, 2.05) is 31.2 Å². The standard InChI is InChI=1S/C30H38N6O6/c1-3-40-16-17-42-30-32-28(31)27(36(38)39)29(33-30)35(21-26(37)41-4-2)20-22-10-12-24(13-11-22)25-9-7-8-23(18-25)19-34-14-5-6-15-34/h7-13,18H,3-6,14-17,19-21H2,1-2H3,(H2,31,32,33). The van der Waals surface area contributed by atoms with Crippen molar-refractivity contribution < 1.29 is 23.9 Å². The Bertz CT molecular complexity index is 1350. The van der Waals surface area contributed by atoms with Crippen LogP contribution >= 0.6 is 0 Å². The van der Waals surface area contributed by atoms with Crippen LogP contribution in [0.5, 0.6) is 6.01 Å². The molecule has 1 aromatic heterocycles. The zero-order valence-corrected chi connectivity index (χ0v) is 24.2. The van der Waals surface area contributed by atoms with Gasteiger partial charge in [-0.25, -0.2) is 0 Å². The van der Waals surface area contributed by atoms with E-state index in [0.717, 1.165) is 36.3 Å². The normalized spacial score (nSPS) is 13.2. The third kappa shape index (κ3) is 8.37. The number of ether oxygens (including phenoxy) is 3. The van der Waals surface area contributed by atoms with Gasteiger partial charge in [-0.3, -0.25) is 19.8 Å². The summed E-state index contributed by atoms with van der Waals surface area (Å²) < 4.78 is 15.9. The number of carbonyl (C=O) groups is 1. The SMILES string of the molecule is CCOCCOc1nc(N)c([N+](=O)[O-])c(N(CC(=O)OCC)Cc2ccc(-c3cccc(CN4CCCC4)c3)cc2)n1. The second kappa shape index (κ2) is 15.1. The third-order valence-electron chi connectivity index (χ3n) is 6.83. The largest absolute Gasteiger partial charge is 0.465 e. The van der Waals surface area contributed by atoms with Gasteiger partial charge in [0.15, 0.2) is 0 Å². The highest BCUT2D eigenvalue weighted by molar-refractivity contribution is 5.79. The molecule has 1 fully saturated rings. The fourth-order valence-electron chi connectivity index (χ4n) is 4.87. The summed E-state index contributed by atoms with van der Waals surface area (Å²) >= 11 is 0. The lowest BCUT2D eigenvalue weighted by Crippen LogP contribution is -2.32. The molecule has 4 rings (SSSR count). The molecule has 0 unspecified atom stereocenters. The van der Waals surface area contributed by atoms with E-state index >= 15 is 0 Å². The Hall–Kier alpha value is -4.29. The predicted octanol–water partition coefficient (Wildman–Crippen LogP) is 4.21. The van der Waals surface area contributed by atoms with E-state index < -0.39 is 16.6 Å². The number of rotatable bonds is 15. The lowest BCUT2D eigenvalue weighted by atomic mass is 10.0. The van der Waals surface area contributed by atoms with Crippen molar-refractivity contribution in [1.82, 2.24) is 14.9 Å². The molecule has 0 radical (unpaired) electrons. The van der Waals surface area contributed by atoms with Crippen molar-refractivity contribution in [3.63, 3.8) is 0 Å². The molecule has 12 nitrogen and oxygen atoms in total. The van der Waals surface area contributed by atoms with Gasteiger partial charge in [0.2, 0.25) is 11.6 Å². The molecule has 1 aliphatic rings. The first kappa shape index (κ1) is 30.7. The number of nitrogen functional groups attached to an aromatic ring is 1. The summed E-state index contributed by atoms with van der Waals surface area (Å²) in [6.07, 6.45) is 2.50. The molecule has 3 aromatic rings. The fraction of sp³-hybridized carbons (Fsp3) is 0.433. The fourth-order valence-corrected chi connectivity index (χ4v) is 4.87. The van der Waals surface area contributed by atoms with E-state index in [-0.39, 0.29) is 50.6 Å². The minimum atomic E-state index is -0.662. The van der Waals surface area contributed by atoms with Crippen molar-refractivity contribution in [2.75, 3.05) is 56.7 Å². The molecule has 1 aliphatic heterocycles. The lowest BCUT2D eigenvalue weighted by molar-refractivity contribution is -0.383. The van der Waals surface area contributed by atoms with E-state index in [2.05, 4.69) is 39.1 Å². The number of carbonyl (C=O) groups excluding carboxylic acids is 1. The average molecular weight is 579 g/mol. The maximum absolute atomic E-state index is 12.5. The number of likely N-dealkylation sites (tertiary alicyclic amines) is 1. The molecule has 1 saturated heterocycles. The number of benzene rings is 2. The Labute approximate surface area is 245 Å². The third-order valence-corrected chi connectivity index (χ3v) is 6.83. The molecule has 42 heavy (non-hydrogen) atoms. The Kier molecular flexibility index (Phi) is 11.0. The minimum Gasteiger partial charge on any atom is -0.465 e. The molecule has 12 heteroatoms. The number of nitro groups is 1. The zero-order valence-electron chi connectivity index (χ0n) is 24.2. The molecule has 0 spiro atoms. The molecular weight excluding hydrogens is 540 g/mol. The second-order valence-corrected chi connectivity index (χ2v) is 9.91. The molecule has 0 saturated carbocycles.